The number of carbonyl (C=O) groups excluding carboxylic acids is 1. The Morgan fingerprint density at radius 1 is 1.12 bits per heavy atom. The van der Waals surface area contributed by atoms with E-state index in [-0.39, 0.29) is 30.1 Å². The zero-order valence-corrected chi connectivity index (χ0v) is 17.4. The number of alkyl halides is 6. The number of aromatic amines is 1. The minimum Gasteiger partial charge on any atom is -0.349 e. The summed E-state index contributed by atoms with van der Waals surface area (Å²) in [5.41, 5.74) is -3.59. The minimum absolute atomic E-state index is 0.0338. The number of likely N-dealkylation sites (tertiary alicyclic amines) is 1. The van der Waals surface area contributed by atoms with Gasteiger partial charge in [0.15, 0.2) is 0 Å². The lowest BCUT2D eigenvalue weighted by Crippen LogP contribution is -2.61. The first kappa shape index (κ1) is 23.9. The highest BCUT2D eigenvalue weighted by atomic mass is 19.4. The maximum atomic E-state index is 13.0. The summed E-state index contributed by atoms with van der Waals surface area (Å²) < 4.78 is 76.9. The number of H-pyrrole nitrogens is 1. The van der Waals surface area contributed by atoms with Gasteiger partial charge in [0, 0.05) is 25.5 Å². The number of hydrogen-bond donors (Lipinski definition) is 2. The van der Waals surface area contributed by atoms with Crippen molar-refractivity contribution in [3.8, 4) is 0 Å². The highest BCUT2D eigenvalue weighted by Crippen LogP contribution is 2.33. The third-order valence-electron chi connectivity index (χ3n) is 5.68. The lowest BCUT2D eigenvalue weighted by Gasteiger charge is -2.39. The maximum Gasteiger partial charge on any atom is 0.421 e. The second kappa shape index (κ2) is 8.85. The maximum absolute atomic E-state index is 13.0. The molecule has 15 heteroatoms. The Morgan fingerprint density at radius 2 is 1.79 bits per heavy atom. The first-order chi connectivity index (χ1) is 15.9. The van der Waals surface area contributed by atoms with Crippen LogP contribution in [0, 0.1) is 0 Å². The molecule has 0 spiro atoms. The van der Waals surface area contributed by atoms with Gasteiger partial charge in [0.05, 0.1) is 29.9 Å². The van der Waals surface area contributed by atoms with Crippen LogP contribution in [0.5, 0.6) is 0 Å². The van der Waals surface area contributed by atoms with Gasteiger partial charge < -0.3 is 10.2 Å². The summed E-state index contributed by atoms with van der Waals surface area (Å²) in [6.45, 7) is 0.991. The SMILES string of the molecule is O=C(CN1CCCC1c1cc(C(F)(F)F)c(=O)[nH]n1)NC1CN(c2ncc(C(F)(F)F)cn2)C1. The van der Waals surface area contributed by atoms with Crippen LogP contribution >= 0.6 is 0 Å². The Morgan fingerprint density at radius 3 is 2.41 bits per heavy atom. The molecule has 0 saturated carbocycles. The highest BCUT2D eigenvalue weighted by molar-refractivity contribution is 5.78. The number of amides is 1. The van der Waals surface area contributed by atoms with Crippen molar-refractivity contribution in [2.45, 2.75) is 37.3 Å². The zero-order chi connectivity index (χ0) is 24.7. The molecule has 2 aromatic heterocycles. The predicted octanol–water partition coefficient (Wildman–Crippen LogP) is 1.74. The van der Waals surface area contributed by atoms with E-state index in [4.69, 9.17) is 0 Å². The Hall–Kier alpha value is -3.23. The van der Waals surface area contributed by atoms with Gasteiger partial charge >= 0.3 is 12.4 Å². The van der Waals surface area contributed by atoms with E-state index < -0.39 is 35.1 Å². The van der Waals surface area contributed by atoms with E-state index in [0.717, 1.165) is 0 Å². The molecule has 2 aliphatic heterocycles. The standard InChI is InChI=1S/C19H19F6N7O2/c20-18(21,22)10-5-26-17(27-6-10)32-7-11(8-32)28-15(33)9-31-3-1-2-14(31)13-4-12(19(23,24)25)16(34)30-29-13/h4-6,11,14H,1-3,7-9H2,(H,28,33)(H,30,34). The van der Waals surface area contributed by atoms with Gasteiger partial charge in [-0.1, -0.05) is 0 Å². The molecule has 184 valence electrons. The summed E-state index contributed by atoms with van der Waals surface area (Å²) in [6.07, 6.45) is -6.85. The van der Waals surface area contributed by atoms with Crippen LogP contribution in [-0.2, 0) is 17.1 Å². The Kier molecular flexibility index (Phi) is 6.22. The van der Waals surface area contributed by atoms with Crippen LogP contribution in [0.25, 0.3) is 0 Å². The van der Waals surface area contributed by atoms with Crippen LogP contribution < -0.4 is 15.8 Å². The first-order valence-corrected chi connectivity index (χ1v) is 10.3. The van der Waals surface area contributed by atoms with Gasteiger partial charge in [-0.05, 0) is 25.5 Å². The van der Waals surface area contributed by atoms with E-state index in [2.05, 4.69) is 20.4 Å². The van der Waals surface area contributed by atoms with Crippen LogP contribution in [0.4, 0.5) is 32.3 Å². The van der Waals surface area contributed by atoms with E-state index in [9.17, 15) is 35.9 Å². The van der Waals surface area contributed by atoms with Gasteiger partial charge in [-0.15, -0.1) is 0 Å². The van der Waals surface area contributed by atoms with Crippen LogP contribution in [-0.4, -0.2) is 63.2 Å². The molecule has 4 heterocycles. The summed E-state index contributed by atoms with van der Waals surface area (Å²) in [5, 5.41) is 8.40. The topological polar surface area (TPSA) is 107 Å². The molecule has 0 bridgehead atoms. The molecule has 2 aliphatic rings. The van der Waals surface area contributed by atoms with Gasteiger partial charge in [0.1, 0.15) is 5.56 Å². The van der Waals surface area contributed by atoms with E-state index in [1.54, 1.807) is 9.80 Å². The van der Waals surface area contributed by atoms with Crippen molar-refractivity contribution in [3.63, 3.8) is 0 Å². The summed E-state index contributed by atoms with van der Waals surface area (Å²) in [4.78, 5) is 34.6. The average Bonchev–Trinajstić information content (AvgIpc) is 3.17. The number of rotatable bonds is 5. The third kappa shape index (κ3) is 5.13. The number of carbonyl (C=O) groups is 1. The Balaban J connectivity index is 1.31. The van der Waals surface area contributed by atoms with Crippen molar-refractivity contribution in [1.29, 1.82) is 0 Å². The molecule has 0 aromatic carbocycles. The number of nitrogens with zero attached hydrogens (tertiary/aromatic N) is 5. The second-order valence-electron chi connectivity index (χ2n) is 8.10. The minimum atomic E-state index is -4.82. The molecule has 9 nitrogen and oxygen atoms in total. The van der Waals surface area contributed by atoms with E-state index in [0.29, 0.717) is 50.9 Å². The molecule has 1 unspecified atom stereocenters. The smallest absolute Gasteiger partial charge is 0.349 e. The zero-order valence-electron chi connectivity index (χ0n) is 17.4. The molecule has 2 N–H and O–H groups in total. The van der Waals surface area contributed by atoms with E-state index >= 15 is 0 Å². The van der Waals surface area contributed by atoms with Crippen LogP contribution in [0.3, 0.4) is 0 Å². The molecule has 1 atom stereocenters. The molecule has 2 saturated heterocycles. The second-order valence-corrected chi connectivity index (χ2v) is 8.10. The lowest BCUT2D eigenvalue weighted by molar-refractivity contribution is -0.139. The van der Waals surface area contributed by atoms with Crippen LogP contribution in [0.2, 0.25) is 0 Å². The summed E-state index contributed by atoms with van der Waals surface area (Å²) >= 11 is 0. The molecule has 2 fully saturated rings. The molecular formula is C19H19F6N7O2. The van der Waals surface area contributed by atoms with Crippen molar-refractivity contribution < 1.29 is 31.1 Å². The van der Waals surface area contributed by atoms with E-state index in [1.165, 1.54) is 0 Å². The van der Waals surface area contributed by atoms with Gasteiger partial charge in [-0.2, -0.15) is 31.4 Å². The fourth-order valence-electron chi connectivity index (χ4n) is 3.97. The monoisotopic (exact) mass is 491 g/mol. The fraction of sp³-hybridized carbons (Fsp3) is 0.526. The number of hydrogen-bond acceptors (Lipinski definition) is 7. The highest BCUT2D eigenvalue weighted by Gasteiger charge is 2.38. The van der Waals surface area contributed by atoms with Crippen molar-refractivity contribution >= 4 is 11.9 Å². The molecule has 0 aliphatic carbocycles. The number of halogens is 6. The molecule has 34 heavy (non-hydrogen) atoms. The summed E-state index contributed by atoms with van der Waals surface area (Å²) in [7, 11) is 0. The average molecular weight is 491 g/mol. The Labute approximate surface area is 188 Å². The first-order valence-electron chi connectivity index (χ1n) is 10.3. The number of nitrogens with one attached hydrogen (secondary N) is 2. The molecule has 1 amide bonds. The quantitative estimate of drug-likeness (QED) is 0.614. The molecular weight excluding hydrogens is 472 g/mol. The van der Waals surface area contributed by atoms with Crippen molar-refractivity contribution in [3.05, 3.63) is 45.6 Å². The predicted molar refractivity (Wildman–Crippen MR) is 105 cm³/mol. The Bertz CT molecular complexity index is 1100. The van der Waals surface area contributed by atoms with E-state index in [1.807, 2.05) is 5.10 Å². The van der Waals surface area contributed by atoms with Gasteiger partial charge in [-0.25, -0.2) is 15.1 Å². The molecule has 0 radical (unpaired) electrons. The van der Waals surface area contributed by atoms with Crippen molar-refractivity contribution in [2.75, 3.05) is 31.1 Å². The van der Waals surface area contributed by atoms with Gasteiger partial charge in [-0.3, -0.25) is 14.5 Å². The van der Waals surface area contributed by atoms with Gasteiger partial charge in [0.2, 0.25) is 11.9 Å². The number of anilines is 1. The van der Waals surface area contributed by atoms with Crippen LogP contribution in [0.15, 0.2) is 23.3 Å². The van der Waals surface area contributed by atoms with Crippen LogP contribution in [0.1, 0.15) is 35.7 Å². The van der Waals surface area contributed by atoms with Crippen molar-refractivity contribution in [2.24, 2.45) is 0 Å². The van der Waals surface area contributed by atoms with Crippen molar-refractivity contribution in [1.82, 2.24) is 30.4 Å². The summed E-state index contributed by atoms with van der Waals surface area (Å²) in [6, 6.07) is -0.113. The molecule has 4 rings (SSSR count). The number of aromatic nitrogens is 4. The normalized spacial score (nSPS) is 19.8. The van der Waals surface area contributed by atoms with Gasteiger partial charge in [0.25, 0.3) is 5.56 Å². The lowest BCUT2D eigenvalue weighted by atomic mass is 10.1. The largest absolute Gasteiger partial charge is 0.421 e. The molecule has 2 aromatic rings. The third-order valence-corrected chi connectivity index (χ3v) is 5.68. The fourth-order valence-corrected chi connectivity index (χ4v) is 3.97. The summed E-state index contributed by atoms with van der Waals surface area (Å²) in [5.74, 6) is -0.243.